The SMILES string of the molecule is C=CC(=O)Nc1cccc(C(F)(F)c2nc(Nc3ccc(N4CCN(C)CC4)c(F)c3)ncc2F)c1. The van der Waals surface area contributed by atoms with Crippen LogP contribution in [-0.2, 0) is 10.7 Å². The molecule has 0 unspecified atom stereocenters. The first-order valence-corrected chi connectivity index (χ1v) is 11.1. The van der Waals surface area contributed by atoms with Crippen molar-refractivity contribution < 1.29 is 22.4 Å². The summed E-state index contributed by atoms with van der Waals surface area (Å²) < 4.78 is 59.7. The molecule has 2 heterocycles. The van der Waals surface area contributed by atoms with Crippen molar-refractivity contribution in [1.29, 1.82) is 0 Å². The van der Waals surface area contributed by atoms with Gasteiger partial charge in [0.05, 0.1) is 11.9 Å². The molecule has 3 aromatic rings. The van der Waals surface area contributed by atoms with E-state index in [-0.39, 0.29) is 17.3 Å². The van der Waals surface area contributed by atoms with E-state index in [0.717, 1.165) is 31.3 Å². The summed E-state index contributed by atoms with van der Waals surface area (Å²) in [5.41, 5.74) is -1.01. The van der Waals surface area contributed by atoms with Gasteiger partial charge in [0.15, 0.2) is 11.5 Å². The van der Waals surface area contributed by atoms with Crippen molar-refractivity contribution in [2.45, 2.75) is 5.92 Å². The standard InChI is InChI=1S/C25H24F4N6O/c1-3-22(36)31-17-6-4-5-16(13-17)25(28,29)23-20(27)15-30-24(33-23)32-18-7-8-21(19(26)14-18)35-11-9-34(2)10-12-35/h3-8,13-15H,1,9-12H2,2H3,(H,31,36)(H,30,32,33). The number of nitrogens with zero attached hydrogens (tertiary/aromatic N) is 4. The van der Waals surface area contributed by atoms with E-state index < -0.39 is 34.7 Å². The number of halogens is 4. The van der Waals surface area contributed by atoms with Crippen molar-refractivity contribution in [1.82, 2.24) is 14.9 Å². The molecule has 0 spiro atoms. The Morgan fingerprint density at radius 3 is 2.50 bits per heavy atom. The summed E-state index contributed by atoms with van der Waals surface area (Å²) in [6, 6.07) is 9.19. The molecular weight excluding hydrogens is 476 g/mol. The molecule has 2 N–H and O–H groups in total. The molecule has 0 bridgehead atoms. The van der Waals surface area contributed by atoms with E-state index in [2.05, 4.69) is 32.1 Å². The smallest absolute Gasteiger partial charge is 0.318 e. The highest BCUT2D eigenvalue weighted by Crippen LogP contribution is 2.37. The molecule has 1 saturated heterocycles. The van der Waals surface area contributed by atoms with Gasteiger partial charge in [-0.25, -0.2) is 18.7 Å². The molecule has 1 fully saturated rings. The van der Waals surface area contributed by atoms with Crippen molar-refractivity contribution in [3.63, 3.8) is 0 Å². The molecule has 1 aliphatic heterocycles. The molecule has 2 aromatic carbocycles. The zero-order valence-corrected chi connectivity index (χ0v) is 19.4. The van der Waals surface area contributed by atoms with Gasteiger partial charge in [-0.15, -0.1) is 0 Å². The Hall–Kier alpha value is -3.99. The molecular formula is C25H24F4N6O. The fourth-order valence-corrected chi connectivity index (χ4v) is 3.79. The molecule has 0 saturated carbocycles. The third-order valence-electron chi connectivity index (χ3n) is 5.77. The predicted octanol–water partition coefficient (Wildman–Crippen LogP) is 4.51. The zero-order chi connectivity index (χ0) is 25.9. The lowest BCUT2D eigenvalue weighted by molar-refractivity contribution is -0.111. The minimum Gasteiger partial charge on any atom is -0.367 e. The van der Waals surface area contributed by atoms with Gasteiger partial charge in [-0.1, -0.05) is 18.7 Å². The number of benzene rings is 2. The molecule has 36 heavy (non-hydrogen) atoms. The first-order valence-electron chi connectivity index (χ1n) is 11.1. The third kappa shape index (κ3) is 5.46. The lowest BCUT2D eigenvalue weighted by Crippen LogP contribution is -2.44. The van der Waals surface area contributed by atoms with E-state index in [4.69, 9.17) is 0 Å². The first-order chi connectivity index (χ1) is 17.2. The summed E-state index contributed by atoms with van der Waals surface area (Å²) in [5.74, 6) is -6.57. The zero-order valence-electron chi connectivity index (χ0n) is 19.4. The molecule has 11 heteroatoms. The molecule has 0 aliphatic carbocycles. The van der Waals surface area contributed by atoms with Crippen LogP contribution in [-0.4, -0.2) is 54.0 Å². The van der Waals surface area contributed by atoms with Gasteiger partial charge < -0.3 is 20.4 Å². The number of anilines is 4. The van der Waals surface area contributed by atoms with Crippen LogP contribution in [0.1, 0.15) is 11.3 Å². The maximum atomic E-state index is 15.3. The molecule has 0 radical (unpaired) electrons. The van der Waals surface area contributed by atoms with Crippen LogP contribution in [0.2, 0.25) is 0 Å². The second-order valence-electron chi connectivity index (χ2n) is 8.32. The minimum atomic E-state index is -3.85. The number of aromatic nitrogens is 2. The number of carbonyl (C=O) groups is 1. The van der Waals surface area contributed by atoms with Crippen LogP contribution in [0.3, 0.4) is 0 Å². The van der Waals surface area contributed by atoms with Gasteiger partial charge in [0.2, 0.25) is 11.9 Å². The van der Waals surface area contributed by atoms with Crippen LogP contribution in [0, 0.1) is 11.6 Å². The number of nitrogens with one attached hydrogen (secondary N) is 2. The second-order valence-corrected chi connectivity index (χ2v) is 8.32. The Morgan fingerprint density at radius 2 is 1.81 bits per heavy atom. The van der Waals surface area contributed by atoms with Gasteiger partial charge >= 0.3 is 5.92 Å². The maximum absolute atomic E-state index is 15.3. The summed E-state index contributed by atoms with van der Waals surface area (Å²) in [4.78, 5) is 23.0. The lowest BCUT2D eigenvalue weighted by atomic mass is 10.0. The van der Waals surface area contributed by atoms with Gasteiger partial charge in [-0.2, -0.15) is 8.78 Å². The van der Waals surface area contributed by atoms with Crippen molar-refractivity contribution in [3.05, 3.63) is 84.2 Å². The maximum Gasteiger partial charge on any atom is 0.318 e. The Bertz CT molecular complexity index is 1280. The Morgan fingerprint density at radius 1 is 1.06 bits per heavy atom. The van der Waals surface area contributed by atoms with Gasteiger partial charge in [0.1, 0.15) is 5.82 Å². The number of carbonyl (C=O) groups excluding carboxylic acids is 1. The number of hydrogen-bond donors (Lipinski definition) is 2. The van der Waals surface area contributed by atoms with Crippen LogP contribution in [0.25, 0.3) is 0 Å². The normalized spacial score (nSPS) is 14.4. The fourth-order valence-electron chi connectivity index (χ4n) is 3.79. The summed E-state index contributed by atoms with van der Waals surface area (Å²) in [6.07, 6.45) is 1.62. The van der Waals surface area contributed by atoms with Crippen molar-refractivity contribution in [2.75, 3.05) is 48.8 Å². The van der Waals surface area contributed by atoms with Crippen LogP contribution in [0.15, 0.2) is 61.3 Å². The fraction of sp³-hybridized carbons (Fsp3) is 0.240. The number of piperazine rings is 1. The topological polar surface area (TPSA) is 73.4 Å². The average Bonchev–Trinajstić information content (AvgIpc) is 2.86. The second kappa shape index (κ2) is 10.3. The first kappa shape index (κ1) is 25.1. The summed E-state index contributed by atoms with van der Waals surface area (Å²) in [6.45, 7) is 6.28. The molecule has 7 nitrogen and oxygen atoms in total. The number of rotatable bonds is 7. The number of hydrogen-bond acceptors (Lipinski definition) is 6. The highest BCUT2D eigenvalue weighted by atomic mass is 19.3. The quantitative estimate of drug-likeness (QED) is 0.367. The number of amides is 1. The largest absolute Gasteiger partial charge is 0.367 e. The Balaban J connectivity index is 1.56. The molecule has 1 amide bonds. The summed E-state index contributed by atoms with van der Waals surface area (Å²) in [5, 5.41) is 5.04. The van der Waals surface area contributed by atoms with E-state index in [1.807, 2.05) is 11.9 Å². The Kier molecular flexibility index (Phi) is 7.20. The third-order valence-corrected chi connectivity index (χ3v) is 5.77. The molecule has 1 aromatic heterocycles. The lowest BCUT2D eigenvalue weighted by Gasteiger charge is -2.34. The van der Waals surface area contributed by atoms with E-state index in [9.17, 15) is 13.6 Å². The van der Waals surface area contributed by atoms with Crippen LogP contribution >= 0.6 is 0 Å². The molecule has 0 atom stereocenters. The van der Waals surface area contributed by atoms with Crippen LogP contribution < -0.4 is 15.5 Å². The predicted molar refractivity (Wildman–Crippen MR) is 130 cm³/mol. The van der Waals surface area contributed by atoms with Gasteiger partial charge in [0.25, 0.3) is 0 Å². The summed E-state index contributed by atoms with van der Waals surface area (Å²) >= 11 is 0. The van der Waals surface area contributed by atoms with Crippen LogP contribution in [0.4, 0.5) is 40.6 Å². The van der Waals surface area contributed by atoms with E-state index in [1.54, 1.807) is 12.1 Å². The van der Waals surface area contributed by atoms with Gasteiger partial charge in [-0.3, -0.25) is 4.79 Å². The van der Waals surface area contributed by atoms with Crippen molar-refractivity contribution in [2.24, 2.45) is 0 Å². The van der Waals surface area contributed by atoms with Crippen molar-refractivity contribution in [3.8, 4) is 0 Å². The van der Waals surface area contributed by atoms with E-state index in [1.165, 1.54) is 18.2 Å². The molecule has 4 rings (SSSR count). The molecule has 1 aliphatic rings. The van der Waals surface area contributed by atoms with Crippen LogP contribution in [0.5, 0.6) is 0 Å². The average molecular weight is 501 g/mol. The summed E-state index contributed by atoms with van der Waals surface area (Å²) in [7, 11) is 2.00. The Labute approximate surface area is 205 Å². The van der Waals surface area contributed by atoms with Gasteiger partial charge in [-0.05, 0) is 43.5 Å². The highest BCUT2D eigenvalue weighted by molar-refractivity contribution is 5.98. The van der Waals surface area contributed by atoms with Crippen molar-refractivity contribution >= 4 is 28.9 Å². The number of alkyl halides is 2. The monoisotopic (exact) mass is 500 g/mol. The number of likely N-dealkylation sites (N-methyl/N-ethyl adjacent to an activating group) is 1. The van der Waals surface area contributed by atoms with Gasteiger partial charge in [0, 0.05) is 43.1 Å². The highest BCUT2D eigenvalue weighted by Gasteiger charge is 2.39. The van der Waals surface area contributed by atoms with E-state index in [0.29, 0.717) is 25.0 Å². The molecule has 188 valence electrons. The minimum absolute atomic E-state index is 0.0841. The van der Waals surface area contributed by atoms with E-state index >= 15 is 8.78 Å².